The average Bonchev–Trinajstić information content (AvgIpc) is 2.46. The maximum Gasteiger partial charge on any atom is 0.135 e. The Hall–Kier alpha value is -1.16. The molecule has 0 amide bonds. The van der Waals surface area contributed by atoms with Crippen molar-refractivity contribution in [3.8, 4) is 0 Å². The van der Waals surface area contributed by atoms with E-state index in [1.54, 1.807) is 0 Å². The third kappa shape index (κ3) is 2.95. The molecule has 4 nitrogen and oxygen atoms in total. The number of nitrogens with zero attached hydrogens (tertiary/aromatic N) is 2. The van der Waals surface area contributed by atoms with Crippen LogP contribution in [-0.4, -0.2) is 23.6 Å². The van der Waals surface area contributed by atoms with E-state index >= 15 is 0 Å². The summed E-state index contributed by atoms with van der Waals surface area (Å²) in [5.41, 5.74) is 2.36. The van der Waals surface area contributed by atoms with Crippen molar-refractivity contribution < 1.29 is 4.74 Å². The van der Waals surface area contributed by atoms with E-state index in [1.807, 2.05) is 7.05 Å². The highest BCUT2D eigenvalue weighted by Gasteiger charge is 2.22. The van der Waals surface area contributed by atoms with Crippen molar-refractivity contribution in [1.82, 2.24) is 9.97 Å². The summed E-state index contributed by atoms with van der Waals surface area (Å²) in [6.45, 7) is 1.44. The zero-order chi connectivity index (χ0) is 13.8. The first-order valence-electron chi connectivity index (χ1n) is 8.03. The molecule has 1 aromatic heterocycles. The predicted molar refractivity (Wildman–Crippen MR) is 80.0 cm³/mol. The summed E-state index contributed by atoms with van der Waals surface area (Å²) < 4.78 is 5.54. The molecule has 0 saturated heterocycles. The first-order chi connectivity index (χ1) is 9.88. The van der Waals surface area contributed by atoms with E-state index in [0.29, 0.717) is 12.5 Å². The fraction of sp³-hybridized carbons (Fsp3) is 0.750. The summed E-state index contributed by atoms with van der Waals surface area (Å²) in [5.74, 6) is 2.60. The number of aromatic nitrogens is 2. The molecule has 110 valence electrons. The Bertz CT molecular complexity index is 436. The standard InChI is InChI=1S/C16H25N3O/c1-17-16-13-11-20-10-9-14(13)18-15(19-16)12-7-5-3-2-4-6-8-12/h12H,2-11H2,1H3,(H,17,18,19). The topological polar surface area (TPSA) is 47.0 Å². The molecule has 3 rings (SSSR count). The molecule has 0 radical (unpaired) electrons. The van der Waals surface area contributed by atoms with E-state index in [0.717, 1.165) is 30.2 Å². The van der Waals surface area contributed by atoms with Crippen molar-refractivity contribution in [3.63, 3.8) is 0 Å². The molecule has 0 aromatic carbocycles. The molecule has 0 atom stereocenters. The van der Waals surface area contributed by atoms with E-state index < -0.39 is 0 Å². The highest BCUT2D eigenvalue weighted by Crippen LogP contribution is 2.31. The summed E-state index contributed by atoms with van der Waals surface area (Å²) in [7, 11) is 1.94. The van der Waals surface area contributed by atoms with E-state index in [1.165, 1.54) is 50.6 Å². The summed E-state index contributed by atoms with van der Waals surface area (Å²) in [6, 6.07) is 0. The van der Waals surface area contributed by atoms with Gasteiger partial charge in [-0.05, 0) is 12.8 Å². The second kappa shape index (κ2) is 6.53. The van der Waals surface area contributed by atoms with Crippen LogP contribution < -0.4 is 5.32 Å². The molecule has 1 saturated carbocycles. The number of hydrogen-bond donors (Lipinski definition) is 1. The zero-order valence-corrected chi connectivity index (χ0v) is 12.5. The van der Waals surface area contributed by atoms with Crippen molar-refractivity contribution in [3.05, 3.63) is 17.1 Å². The van der Waals surface area contributed by atoms with Crippen molar-refractivity contribution >= 4 is 5.82 Å². The number of fused-ring (bicyclic) bond motifs is 1. The third-order valence-corrected chi connectivity index (χ3v) is 4.55. The van der Waals surface area contributed by atoms with Gasteiger partial charge in [-0.15, -0.1) is 0 Å². The molecule has 1 aliphatic carbocycles. The second-order valence-electron chi connectivity index (χ2n) is 5.95. The number of hydrogen-bond acceptors (Lipinski definition) is 4. The third-order valence-electron chi connectivity index (χ3n) is 4.55. The highest BCUT2D eigenvalue weighted by atomic mass is 16.5. The lowest BCUT2D eigenvalue weighted by Crippen LogP contribution is -2.18. The first kappa shape index (κ1) is 13.8. The number of nitrogens with one attached hydrogen (secondary N) is 1. The fourth-order valence-corrected chi connectivity index (χ4v) is 3.35. The van der Waals surface area contributed by atoms with Crippen LogP contribution in [0.5, 0.6) is 0 Å². The van der Waals surface area contributed by atoms with Crippen LogP contribution >= 0.6 is 0 Å². The Balaban J connectivity index is 1.88. The molecule has 0 unspecified atom stereocenters. The van der Waals surface area contributed by atoms with Crippen molar-refractivity contribution in [1.29, 1.82) is 0 Å². The van der Waals surface area contributed by atoms with E-state index in [4.69, 9.17) is 14.7 Å². The van der Waals surface area contributed by atoms with Gasteiger partial charge in [0.05, 0.1) is 18.9 Å². The van der Waals surface area contributed by atoms with Gasteiger partial charge in [-0.3, -0.25) is 0 Å². The van der Waals surface area contributed by atoms with Crippen LogP contribution in [0.4, 0.5) is 5.82 Å². The molecule has 1 fully saturated rings. The van der Waals surface area contributed by atoms with Crippen molar-refractivity contribution in [2.45, 2.75) is 63.9 Å². The van der Waals surface area contributed by atoms with Crippen LogP contribution in [0.15, 0.2) is 0 Å². The van der Waals surface area contributed by atoms with Gasteiger partial charge in [0.25, 0.3) is 0 Å². The number of anilines is 1. The number of rotatable bonds is 2. The molecule has 2 heterocycles. The van der Waals surface area contributed by atoms with Gasteiger partial charge < -0.3 is 10.1 Å². The molecule has 1 N–H and O–H groups in total. The molecular weight excluding hydrogens is 250 g/mol. The Morgan fingerprint density at radius 3 is 2.55 bits per heavy atom. The molecule has 2 aliphatic rings. The van der Waals surface area contributed by atoms with Gasteiger partial charge in [-0.1, -0.05) is 32.1 Å². The Morgan fingerprint density at radius 2 is 1.80 bits per heavy atom. The lowest BCUT2D eigenvalue weighted by Gasteiger charge is -2.23. The maximum atomic E-state index is 5.54. The van der Waals surface area contributed by atoms with Gasteiger partial charge in [0, 0.05) is 24.9 Å². The molecular formula is C16H25N3O. The first-order valence-corrected chi connectivity index (χ1v) is 8.03. The molecule has 20 heavy (non-hydrogen) atoms. The normalized spacial score (nSPS) is 20.9. The van der Waals surface area contributed by atoms with Crippen LogP contribution in [0.25, 0.3) is 0 Å². The van der Waals surface area contributed by atoms with Crippen LogP contribution in [0.2, 0.25) is 0 Å². The van der Waals surface area contributed by atoms with Crippen molar-refractivity contribution in [2.24, 2.45) is 0 Å². The van der Waals surface area contributed by atoms with E-state index in [9.17, 15) is 0 Å². The molecule has 1 aliphatic heterocycles. The minimum atomic E-state index is 0.551. The quantitative estimate of drug-likeness (QED) is 0.898. The van der Waals surface area contributed by atoms with E-state index in [2.05, 4.69) is 5.32 Å². The molecule has 1 aromatic rings. The highest BCUT2D eigenvalue weighted by molar-refractivity contribution is 5.47. The lowest BCUT2D eigenvalue weighted by atomic mass is 9.90. The smallest absolute Gasteiger partial charge is 0.135 e. The molecule has 0 spiro atoms. The minimum absolute atomic E-state index is 0.551. The van der Waals surface area contributed by atoms with Crippen LogP contribution in [-0.2, 0) is 17.8 Å². The van der Waals surface area contributed by atoms with Gasteiger partial charge in [0.2, 0.25) is 0 Å². The van der Waals surface area contributed by atoms with Crippen LogP contribution in [0.1, 0.15) is 67.9 Å². The second-order valence-corrected chi connectivity index (χ2v) is 5.95. The zero-order valence-electron chi connectivity index (χ0n) is 12.5. The average molecular weight is 275 g/mol. The Kier molecular flexibility index (Phi) is 4.51. The van der Waals surface area contributed by atoms with Gasteiger partial charge in [-0.25, -0.2) is 9.97 Å². The van der Waals surface area contributed by atoms with Gasteiger partial charge in [0.15, 0.2) is 0 Å². The lowest BCUT2D eigenvalue weighted by molar-refractivity contribution is 0.109. The molecule has 0 bridgehead atoms. The van der Waals surface area contributed by atoms with Gasteiger partial charge in [-0.2, -0.15) is 0 Å². The SMILES string of the molecule is CNc1nc(C2CCCCCCC2)nc2c1COCC2. The van der Waals surface area contributed by atoms with Gasteiger partial charge >= 0.3 is 0 Å². The minimum Gasteiger partial charge on any atom is -0.376 e. The van der Waals surface area contributed by atoms with E-state index in [-0.39, 0.29) is 0 Å². The maximum absolute atomic E-state index is 5.54. The summed E-state index contributed by atoms with van der Waals surface area (Å²) in [4.78, 5) is 9.68. The fourth-order valence-electron chi connectivity index (χ4n) is 3.35. The monoisotopic (exact) mass is 275 g/mol. The van der Waals surface area contributed by atoms with Crippen LogP contribution in [0, 0.1) is 0 Å². The van der Waals surface area contributed by atoms with Crippen molar-refractivity contribution in [2.75, 3.05) is 19.0 Å². The summed E-state index contributed by atoms with van der Waals surface area (Å²) >= 11 is 0. The largest absolute Gasteiger partial charge is 0.376 e. The van der Waals surface area contributed by atoms with Crippen LogP contribution in [0.3, 0.4) is 0 Å². The molecule has 4 heteroatoms. The predicted octanol–water partition coefficient (Wildman–Crippen LogP) is 3.42. The summed E-state index contributed by atoms with van der Waals surface area (Å²) in [6.07, 6.45) is 10.2. The Morgan fingerprint density at radius 1 is 1.05 bits per heavy atom. The summed E-state index contributed by atoms with van der Waals surface area (Å²) in [5, 5.41) is 3.23. The Labute approximate surface area is 121 Å². The number of ether oxygens (including phenoxy) is 1. The van der Waals surface area contributed by atoms with Gasteiger partial charge in [0.1, 0.15) is 11.6 Å².